The first kappa shape index (κ1) is 23.3. The Morgan fingerprint density at radius 3 is 2.62 bits per heavy atom. The van der Waals surface area contributed by atoms with Crippen LogP contribution in [0, 0.1) is 0 Å². The highest BCUT2D eigenvalue weighted by atomic mass is 16.5. The summed E-state index contributed by atoms with van der Waals surface area (Å²) in [4.78, 5) is 25.0. The van der Waals surface area contributed by atoms with Gasteiger partial charge < -0.3 is 30.2 Å². The maximum absolute atomic E-state index is 12.6. The summed E-state index contributed by atoms with van der Waals surface area (Å²) in [5.74, 6) is -1.71. The highest BCUT2D eigenvalue weighted by Crippen LogP contribution is 2.13. The molecule has 1 heterocycles. The molecule has 1 fully saturated rings. The van der Waals surface area contributed by atoms with Crippen molar-refractivity contribution in [3.8, 4) is 0 Å². The Morgan fingerprint density at radius 2 is 2.00 bits per heavy atom. The first-order chi connectivity index (χ1) is 14.0. The topological polar surface area (TPSA) is 117 Å². The van der Waals surface area contributed by atoms with Gasteiger partial charge in [-0.25, -0.2) is 0 Å². The molecule has 2 rings (SSSR count). The van der Waals surface area contributed by atoms with E-state index in [1.807, 2.05) is 30.3 Å². The molecule has 4 N–H and O–H groups in total. The smallest absolute Gasteiger partial charge is 0.426 e. The molecular formula is C20H31BN2O6. The van der Waals surface area contributed by atoms with Gasteiger partial charge in [0.2, 0.25) is 11.8 Å². The van der Waals surface area contributed by atoms with Crippen LogP contribution in [0.1, 0.15) is 37.7 Å². The molecule has 0 spiro atoms. The van der Waals surface area contributed by atoms with Crippen molar-refractivity contribution in [3.05, 3.63) is 35.9 Å². The lowest BCUT2D eigenvalue weighted by molar-refractivity contribution is -0.139. The monoisotopic (exact) mass is 406 g/mol. The summed E-state index contributed by atoms with van der Waals surface area (Å²) in [7, 11) is -0.266. The molecule has 160 valence electrons. The quantitative estimate of drug-likeness (QED) is 0.391. The number of benzene rings is 1. The fourth-order valence-electron chi connectivity index (χ4n) is 3.31. The second kappa shape index (κ2) is 12.6. The number of nitrogens with one attached hydrogen (secondary N) is 2. The van der Waals surface area contributed by atoms with E-state index in [-0.39, 0.29) is 12.5 Å². The number of carbonyl (C=O) groups excluding carboxylic acids is 2. The Labute approximate surface area is 172 Å². The lowest BCUT2D eigenvalue weighted by Gasteiger charge is -2.26. The van der Waals surface area contributed by atoms with Crippen LogP contribution in [0.15, 0.2) is 30.3 Å². The van der Waals surface area contributed by atoms with Crippen LogP contribution in [0.25, 0.3) is 0 Å². The third-order valence-corrected chi connectivity index (χ3v) is 4.95. The molecule has 1 aliphatic rings. The van der Waals surface area contributed by atoms with Gasteiger partial charge in [-0.15, -0.1) is 0 Å². The standard InChI is InChI=1S/C20H31BN2O6/c1-28-14-16(22-20(25)17-11-5-6-13-29-17)19(24)23-18(21(26)27)12-7-10-15-8-3-2-4-9-15/h2-4,8-9,16-18,26-27H,5-7,10-14H2,1H3,(H,22,25)(H,23,24)/t16-,17+,18+/m1/s1. The molecule has 0 saturated carbocycles. The van der Waals surface area contributed by atoms with Crippen molar-refractivity contribution in [3.63, 3.8) is 0 Å². The summed E-state index contributed by atoms with van der Waals surface area (Å²) < 4.78 is 10.5. The minimum atomic E-state index is -1.70. The Kier molecular flexibility index (Phi) is 10.1. The third kappa shape index (κ3) is 8.14. The Hall–Kier alpha value is -1.94. The molecule has 1 aliphatic heterocycles. The summed E-state index contributed by atoms with van der Waals surface area (Å²) in [5.41, 5.74) is 1.14. The van der Waals surface area contributed by atoms with Gasteiger partial charge in [0, 0.05) is 13.7 Å². The predicted molar refractivity (Wildman–Crippen MR) is 109 cm³/mol. The highest BCUT2D eigenvalue weighted by molar-refractivity contribution is 6.43. The Bertz CT molecular complexity index is 625. The molecule has 0 aliphatic carbocycles. The van der Waals surface area contributed by atoms with Gasteiger partial charge >= 0.3 is 7.12 Å². The molecule has 0 aromatic heterocycles. The molecule has 8 nitrogen and oxygen atoms in total. The summed E-state index contributed by atoms with van der Waals surface area (Å²) in [6.07, 6.45) is 3.69. The van der Waals surface area contributed by atoms with E-state index in [1.54, 1.807) is 0 Å². The summed E-state index contributed by atoms with van der Waals surface area (Å²) in [6, 6.07) is 8.90. The number of ether oxygens (including phenoxy) is 2. The minimum absolute atomic E-state index is 0.0252. The fourth-order valence-corrected chi connectivity index (χ4v) is 3.31. The second-order valence-corrected chi connectivity index (χ2v) is 7.28. The van der Waals surface area contributed by atoms with Crippen molar-refractivity contribution in [2.75, 3.05) is 20.3 Å². The average Bonchev–Trinajstić information content (AvgIpc) is 2.73. The third-order valence-electron chi connectivity index (χ3n) is 4.95. The van der Waals surface area contributed by atoms with E-state index < -0.39 is 31.1 Å². The second-order valence-electron chi connectivity index (χ2n) is 7.28. The fraction of sp³-hybridized carbons (Fsp3) is 0.600. The minimum Gasteiger partial charge on any atom is -0.426 e. The van der Waals surface area contributed by atoms with Gasteiger partial charge in [-0.2, -0.15) is 0 Å². The van der Waals surface area contributed by atoms with Gasteiger partial charge in [-0.3, -0.25) is 9.59 Å². The van der Waals surface area contributed by atoms with Crippen molar-refractivity contribution >= 4 is 18.9 Å². The SMILES string of the molecule is COC[C@@H](NC(=O)[C@@H]1CCCCO1)C(=O)N[C@@H](CCCc1ccccc1)B(O)O. The summed E-state index contributed by atoms with van der Waals surface area (Å²) in [5, 5.41) is 24.6. The number of methoxy groups -OCH3 is 1. The van der Waals surface area contributed by atoms with Gasteiger partial charge in [0.05, 0.1) is 12.5 Å². The molecule has 2 amide bonds. The van der Waals surface area contributed by atoms with Gasteiger partial charge in [0.25, 0.3) is 0 Å². The molecule has 3 atom stereocenters. The molecule has 1 aromatic carbocycles. The number of hydrogen-bond donors (Lipinski definition) is 4. The van der Waals surface area contributed by atoms with E-state index in [2.05, 4.69) is 10.6 Å². The zero-order valence-electron chi connectivity index (χ0n) is 16.9. The van der Waals surface area contributed by atoms with Gasteiger partial charge in [-0.1, -0.05) is 30.3 Å². The zero-order chi connectivity index (χ0) is 21.1. The lowest BCUT2D eigenvalue weighted by Crippen LogP contribution is -2.56. The molecule has 9 heteroatoms. The molecule has 1 saturated heterocycles. The van der Waals surface area contributed by atoms with Crippen molar-refractivity contribution in [1.29, 1.82) is 0 Å². The van der Waals surface area contributed by atoms with Crippen molar-refractivity contribution in [1.82, 2.24) is 10.6 Å². The van der Waals surface area contributed by atoms with Crippen molar-refractivity contribution in [2.45, 2.75) is 56.6 Å². The van der Waals surface area contributed by atoms with Crippen LogP contribution in [0.5, 0.6) is 0 Å². The van der Waals surface area contributed by atoms with E-state index in [4.69, 9.17) is 9.47 Å². The Balaban J connectivity index is 1.87. The van der Waals surface area contributed by atoms with Gasteiger partial charge in [0.1, 0.15) is 12.1 Å². The molecule has 1 aromatic rings. The van der Waals surface area contributed by atoms with Crippen LogP contribution in [0.2, 0.25) is 0 Å². The predicted octanol–water partition coefficient (Wildman–Crippen LogP) is 0.206. The van der Waals surface area contributed by atoms with Crippen molar-refractivity contribution < 1.29 is 29.1 Å². The highest BCUT2D eigenvalue weighted by Gasteiger charge is 2.31. The largest absolute Gasteiger partial charge is 0.475 e. The lowest BCUT2D eigenvalue weighted by atomic mass is 9.76. The van der Waals surface area contributed by atoms with Crippen LogP contribution in [0.3, 0.4) is 0 Å². The summed E-state index contributed by atoms with van der Waals surface area (Å²) >= 11 is 0. The molecule has 0 radical (unpaired) electrons. The van der Waals surface area contributed by atoms with Crippen LogP contribution in [-0.4, -0.2) is 67.4 Å². The van der Waals surface area contributed by atoms with E-state index in [9.17, 15) is 19.6 Å². The number of amides is 2. The van der Waals surface area contributed by atoms with E-state index in [0.717, 1.165) is 24.8 Å². The first-order valence-corrected chi connectivity index (χ1v) is 10.1. The van der Waals surface area contributed by atoms with Crippen LogP contribution in [-0.2, 0) is 25.5 Å². The molecular weight excluding hydrogens is 375 g/mol. The van der Waals surface area contributed by atoms with Crippen LogP contribution < -0.4 is 10.6 Å². The van der Waals surface area contributed by atoms with E-state index >= 15 is 0 Å². The molecule has 29 heavy (non-hydrogen) atoms. The molecule has 0 unspecified atom stereocenters. The maximum Gasteiger partial charge on any atom is 0.475 e. The first-order valence-electron chi connectivity index (χ1n) is 10.1. The van der Waals surface area contributed by atoms with E-state index in [0.29, 0.717) is 25.9 Å². The van der Waals surface area contributed by atoms with Gasteiger partial charge in [-0.05, 0) is 44.1 Å². The van der Waals surface area contributed by atoms with Gasteiger partial charge in [0.15, 0.2) is 0 Å². The maximum atomic E-state index is 12.6. The Morgan fingerprint density at radius 1 is 1.24 bits per heavy atom. The number of aryl methyl sites for hydroxylation is 1. The number of hydrogen-bond acceptors (Lipinski definition) is 6. The number of rotatable bonds is 11. The summed E-state index contributed by atoms with van der Waals surface area (Å²) in [6.45, 7) is 0.502. The molecule has 0 bridgehead atoms. The van der Waals surface area contributed by atoms with Crippen molar-refractivity contribution in [2.24, 2.45) is 0 Å². The van der Waals surface area contributed by atoms with Crippen LogP contribution in [0.4, 0.5) is 0 Å². The van der Waals surface area contributed by atoms with E-state index in [1.165, 1.54) is 7.11 Å². The van der Waals surface area contributed by atoms with Crippen LogP contribution >= 0.6 is 0 Å². The number of carbonyl (C=O) groups is 2. The zero-order valence-corrected chi connectivity index (χ0v) is 16.9. The normalized spacial score (nSPS) is 18.5. The average molecular weight is 406 g/mol.